The maximum Gasteiger partial charge on any atom is 0.0998 e. The van der Waals surface area contributed by atoms with E-state index in [1.807, 2.05) is 49.4 Å². The Morgan fingerprint density at radius 1 is 0.646 bits per heavy atom. The Bertz CT molecular complexity index is 2410. The number of nitrogens with two attached hydrogens (primary N) is 1. The molecular formula is C44H32N4. The van der Waals surface area contributed by atoms with Gasteiger partial charge in [0.05, 0.1) is 23.3 Å². The molecule has 0 unspecified atom stereocenters. The molecule has 0 saturated heterocycles. The number of hydrogen-bond donors (Lipinski definition) is 2. The summed E-state index contributed by atoms with van der Waals surface area (Å²) in [5, 5.41) is 31.4. The molecule has 48 heavy (non-hydrogen) atoms. The molecule has 0 amide bonds. The average molecular weight is 617 g/mol. The molecule has 0 spiro atoms. The summed E-state index contributed by atoms with van der Waals surface area (Å²) >= 11 is 0. The Kier molecular flexibility index (Phi) is 8.92. The van der Waals surface area contributed by atoms with Gasteiger partial charge >= 0.3 is 0 Å². The molecule has 0 fully saturated rings. The van der Waals surface area contributed by atoms with E-state index in [1.165, 1.54) is 12.3 Å². The fraction of sp³-hybridized carbons (Fsp3) is 0.0227. The molecule has 4 nitrogen and oxygen atoms in total. The third kappa shape index (κ3) is 5.83. The van der Waals surface area contributed by atoms with Crippen molar-refractivity contribution in [2.24, 2.45) is 5.73 Å². The number of nitrogens with one attached hydrogen (secondary N) is 1. The summed E-state index contributed by atoms with van der Waals surface area (Å²) in [6.07, 6.45) is 5.61. The van der Waals surface area contributed by atoms with E-state index in [4.69, 9.17) is 11.1 Å². The van der Waals surface area contributed by atoms with E-state index in [0.717, 1.165) is 77.8 Å². The van der Waals surface area contributed by atoms with E-state index in [2.05, 4.69) is 97.6 Å². The smallest absolute Gasteiger partial charge is 0.0998 e. The highest BCUT2D eigenvalue weighted by Gasteiger charge is 2.19. The van der Waals surface area contributed by atoms with Crippen LogP contribution in [0.2, 0.25) is 0 Å². The molecule has 6 aromatic carbocycles. The minimum absolute atomic E-state index is 0.351. The zero-order chi connectivity index (χ0) is 33.6. The minimum Gasteiger partial charge on any atom is -0.405 e. The van der Waals surface area contributed by atoms with E-state index < -0.39 is 0 Å². The molecule has 0 aliphatic heterocycles. The van der Waals surface area contributed by atoms with Gasteiger partial charge in [-0.2, -0.15) is 10.5 Å². The Hall–Kier alpha value is -6.75. The van der Waals surface area contributed by atoms with Gasteiger partial charge in [0.25, 0.3) is 0 Å². The van der Waals surface area contributed by atoms with E-state index in [9.17, 15) is 10.5 Å². The summed E-state index contributed by atoms with van der Waals surface area (Å²) in [4.78, 5) is 0. The fourth-order valence-electron chi connectivity index (χ4n) is 6.32. The van der Waals surface area contributed by atoms with Crippen LogP contribution in [0.1, 0.15) is 18.1 Å². The normalized spacial score (nSPS) is 12.0. The second-order valence-electron chi connectivity index (χ2n) is 11.4. The lowest BCUT2D eigenvalue weighted by molar-refractivity contribution is 1.46. The van der Waals surface area contributed by atoms with Crippen molar-refractivity contribution in [3.05, 3.63) is 169 Å². The summed E-state index contributed by atoms with van der Waals surface area (Å²) in [6.45, 7) is 6.15. The molecule has 4 heteroatoms. The van der Waals surface area contributed by atoms with Crippen molar-refractivity contribution < 1.29 is 0 Å². The number of rotatable bonds is 8. The highest BCUT2D eigenvalue weighted by atomic mass is 14.5. The Morgan fingerprint density at radius 2 is 1.23 bits per heavy atom. The van der Waals surface area contributed by atoms with Gasteiger partial charge in [-0.25, -0.2) is 0 Å². The maximum atomic E-state index is 9.79. The van der Waals surface area contributed by atoms with Gasteiger partial charge in [-0.05, 0) is 121 Å². The van der Waals surface area contributed by atoms with Crippen molar-refractivity contribution in [3.8, 4) is 45.5 Å². The third-order valence-corrected chi connectivity index (χ3v) is 8.70. The summed E-state index contributed by atoms with van der Waals surface area (Å²) < 4.78 is 0. The van der Waals surface area contributed by atoms with E-state index in [-0.39, 0.29) is 0 Å². The lowest BCUT2D eigenvalue weighted by Crippen LogP contribution is -1.94. The van der Waals surface area contributed by atoms with Crippen LogP contribution < -0.4 is 5.73 Å². The van der Waals surface area contributed by atoms with Crippen molar-refractivity contribution in [2.75, 3.05) is 0 Å². The van der Waals surface area contributed by atoms with Gasteiger partial charge in [0.1, 0.15) is 0 Å². The number of nitriles is 2. The molecule has 0 aromatic heterocycles. The van der Waals surface area contributed by atoms with E-state index >= 15 is 0 Å². The lowest BCUT2D eigenvalue weighted by atomic mass is 9.83. The molecular weight excluding hydrogens is 585 g/mol. The van der Waals surface area contributed by atoms with Gasteiger partial charge in [0, 0.05) is 6.21 Å². The predicted octanol–water partition coefficient (Wildman–Crippen LogP) is 10.9. The average Bonchev–Trinajstić information content (AvgIpc) is 3.14. The maximum absolute atomic E-state index is 9.79. The second kappa shape index (κ2) is 13.7. The number of hydrogen-bond acceptors (Lipinski definition) is 4. The van der Waals surface area contributed by atoms with Gasteiger partial charge < -0.3 is 11.1 Å². The Balaban J connectivity index is 1.70. The summed E-state index contributed by atoms with van der Waals surface area (Å²) in [5.41, 5.74) is 16.1. The molecule has 228 valence electrons. The highest BCUT2D eigenvalue weighted by molar-refractivity contribution is 6.22. The first kappa shape index (κ1) is 31.2. The quantitative estimate of drug-likeness (QED) is 0.0770. The Labute approximate surface area is 280 Å². The third-order valence-electron chi connectivity index (χ3n) is 8.70. The van der Waals surface area contributed by atoms with Crippen LogP contribution in [0.3, 0.4) is 0 Å². The van der Waals surface area contributed by atoms with Gasteiger partial charge in [0.15, 0.2) is 0 Å². The van der Waals surface area contributed by atoms with Crippen LogP contribution in [-0.4, -0.2) is 6.21 Å². The van der Waals surface area contributed by atoms with Crippen LogP contribution in [0.4, 0.5) is 0 Å². The van der Waals surface area contributed by atoms with E-state index in [1.54, 1.807) is 6.08 Å². The first-order valence-corrected chi connectivity index (χ1v) is 15.5. The van der Waals surface area contributed by atoms with Crippen LogP contribution in [0, 0.1) is 28.1 Å². The molecule has 0 heterocycles. The molecule has 0 aliphatic carbocycles. The molecule has 0 bridgehead atoms. The number of fused-ring (bicyclic) bond motifs is 2. The van der Waals surface area contributed by atoms with Crippen LogP contribution in [0.25, 0.3) is 66.1 Å². The van der Waals surface area contributed by atoms with Gasteiger partial charge in [-0.3, -0.25) is 0 Å². The molecule has 0 saturated carbocycles. The summed E-state index contributed by atoms with van der Waals surface area (Å²) in [6, 6.07) is 46.3. The van der Waals surface area contributed by atoms with Crippen molar-refractivity contribution in [2.45, 2.75) is 6.92 Å². The predicted molar refractivity (Wildman–Crippen MR) is 201 cm³/mol. The van der Waals surface area contributed by atoms with Gasteiger partial charge in [0.2, 0.25) is 0 Å². The van der Waals surface area contributed by atoms with Crippen molar-refractivity contribution in [1.29, 1.82) is 15.9 Å². The summed E-state index contributed by atoms with van der Waals surface area (Å²) in [7, 11) is 0. The monoisotopic (exact) mass is 616 g/mol. The molecule has 3 N–H and O–H groups in total. The van der Waals surface area contributed by atoms with Crippen LogP contribution >= 0.6 is 0 Å². The zero-order valence-corrected chi connectivity index (χ0v) is 26.5. The zero-order valence-electron chi connectivity index (χ0n) is 26.5. The van der Waals surface area contributed by atoms with Crippen LogP contribution in [0.5, 0.6) is 0 Å². The van der Waals surface area contributed by atoms with Crippen molar-refractivity contribution >= 4 is 38.9 Å². The van der Waals surface area contributed by atoms with Gasteiger partial charge in [-0.1, -0.05) is 110 Å². The number of benzene rings is 6. The molecule has 0 aliphatic rings. The first-order valence-electron chi connectivity index (χ1n) is 15.5. The van der Waals surface area contributed by atoms with Crippen molar-refractivity contribution in [3.63, 3.8) is 0 Å². The molecule has 0 radical (unpaired) electrons. The lowest BCUT2D eigenvalue weighted by Gasteiger charge is -2.20. The number of allylic oxidation sites excluding steroid dienone is 6. The van der Waals surface area contributed by atoms with Crippen molar-refractivity contribution in [1.82, 2.24) is 0 Å². The van der Waals surface area contributed by atoms with Crippen LogP contribution in [-0.2, 0) is 0 Å². The Morgan fingerprint density at radius 3 is 1.85 bits per heavy atom. The minimum atomic E-state index is 0.351. The second-order valence-corrected chi connectivity index (χ2v) is 11.4. The first-order chi connectivity index (χ1) is 23.5. The SMILES string of the molecule is C=C(/C(C#N)=C\C=N)c1cccc(-c2c3ccccc3c(-c3cccc(/C(C)=C(C#N)/C=C\N)c3)c3ccc(-c4ccccc4)cc23)c1. The fourth-order valence-corrected chi connectivity index (χ4v) is 6.32. The molecule has 6 aromatic rings. The topological polar surface area (TPSA) is 97.5 Å². The summed E-state index contributed by atoms with van der Waals surface area (Å²) in [5.74, 6) is 0. The number of nitrogens with zero attached hydrogens (tertiary/aromatic N) is 2. The van der Waals surface area contributed by atoms with Crippen LogP contribution in [0.15, 0.2) is 157 Å². The molecule has 0 atom stereocenters. The van der Waals surface area contributed by atoms with E-state index in [0.29, 0.717) is 16.7 Å². The molecule has 6 rings (SSSR count). The largest absolute Gasteiger partial charge is 0.405 e. The highest BCUT2D eigenvalue weighted by Crippen LogP contribution is 2.45. The van der Waals surface area contributed by atoms with Gasteiger partial charge in [-0.15, -0.1) is 0 Å². The standard InChI is InChI=1S/C44H32N4/c1-29(37(27-47)20-22-45)32-12-8-14-35(24-32)43-39-16-6-7-17-40(39)44(36-15-9-13-33(25-36)30(2)38(28-48)21-23-46)42-26-34(18-19-41(42)43)31-10-4-3-5-11-31/h3-26,46H,2,45H2,1H3/b22-20-,37-29-,38-21-,46-23?.